The Morgan fingerprint density at radius 2 is 1.68 bits per heavy atom. The van der Waals surface area contributed by atoms with Gasteiger partial charge in [-0.3, -0.25) is 4.79 Å². The van der Waals surface area contributed by atoms with E-state index in [4.69, 9.17) is 21.4 Å². The maximum atomic E-state index is 14.8. The van der Waals surface area contributed by atoms with E-state index in [1.807, 2.05) is 0 Å². The summed E-state index contributed by atoms with van der Waals surface area (Å²) in [4.78, 5) is 23.9. The standard InChI is InChI=1S/C26H19ClF5NO5/c1-12(16-5-3-13(7-18(16)27)14-4-6-17(24(35)36)19(28)8-14)25(37,26(30,31)32)15-9-20(29)23-21(10-15)33(2)22(34)11-38-23/h3-10,12,37H,11H2,1-2H3,(H,35,36). The highest BCUT2D eigenvalue weighted by molar-refractivity contribution is 6.31. The van der Waals surface area contributed by atoms with Crippen molar-refractivity contribution >= 4 is 29.2 Å². The topological polar surface area (TPSA) is 87.1 Å². The molecule has 0 radical (unpaired) electrons. The van der Waals surface area contributed by atoms with E-state index in [-0.39, 0.29) is 27.4 Å². The smallest absolute Gasteiger partial charge is 0.422 e. The number of halogens is 6. The highest BCUT2D eigenvalue weighted by Crippen LogP contribution is 2.52. The number of carbonyl (C=O) groups excluding carboxylic acids is 1. The van der Waals surface area contributed by atoms with Gasteiger partial charge in [-0.25, -0.2) is 13.6 Å². The second-order valence-corrected chi connectivity index (χ2v) is 9.18. The molecule has 1 amide bonds. The van der Waals surface area contributed by atoms with E-state index in [2.05, 4.69) is 0 Å². The fourth-order valence-corrected chi connectivity index (χ4v) is 4.71. The van der Waals surface area contributed by atoms with Gasteiger partial charge in [0.15, 0.2) is 23.8 Å². The van der Waals surface area contributed by atoms with Crippen LogP contribution in [0.25, 0.3) is 11.1 Å². The van der Waals surface area contributed by atoms with Gasteiger partial charge >= 0.3 is 12.1 Å². The predicted molar refractivity (Wildman–Crippen MR) is 127 cm³/mol. The molecule has 0 saturated heterocycles. The zero-order valence-corrected chi connectivity index (χ0v) is 20.5. The first-order chi connectivity index (χ1) is 17.7. The van der Waals surface area contributed by atoms with Crippen LogP contribution in [-0.2, 0) is 10.4 Å². The van der Waals surface area contributed by atoms with Gasteiger partial charge in [0.25, 0.3) is 5.91 Å². The Kier molecular flexibility index (Phi) is 6.87. The minimum absolute atomic E-state index is 0.156. The van der Waals surface area contributed by atoms with Gasteiger partial charge < -0.3 is 19.8 Å². The number of fused-ring (bicyclic) bond motifs is 1. The zero-order valence-electron chi connectivity index (χ0n) is 19.7. The van der Waals surface area contributed by atoms with Crippen molar-refractivity contribution in [2.24, 2.45) is 0 Å². The number of likely N-dealkylation sites (N-methyl/N-ethyl adjacent to an activating group) is 1. The number of ether oxygens (including phenoxy) is 1. The van der Waals surface area contributed by atoms with Gasteiger partial charge in [-0.2, -0.15) is 13.2 Å². The first-order valence-electron chi connectivity index (χ1n) is 11.0. The number of benzene rings is 3. The predicted octanol–water partition coefficient (Wildman–Crippen LogP) is 5.89. The van der Waals surface area contributed by atoms with Gasteiger partial charge in [0, 0.05) is 18.0 Å². The van der Waals surface area contributed by atoms with Crippen LogP contribution in [0.5, 0.6) is 5.75 Å². The minimum Gasteiger partial charge on any atom is -0.478 e. The molecular weight excluding hydrogens is 537 g/mol. The third kappa shape index (κ3) is 4.45. The first kappa shape index (κ1) is 27.3. The molecule has 0 aliphatic carbocycles. The fourth-order valence-electron chi connectivity index (χ4n) is 4.37. The van der Waals surface area contributed by atoms with Crippen molar-refractivity contribution in [1.82, 2.24) is 0 Å². The van der Waals surface area contributed by atoms with Gasteiger partial charge in [-0.05, 0) is 52.6 Å². The Hall–Kier alpha value is -3.70. The van der Waals surface area contributed by atoms with Crippen LogP contribution in [0.4, 0.5) is 27.6 Å². The molecule has 3 aromatic carbocycles. The quantitative estimate of drug-likeness (QED) is 0.383. The Morgan fingerprint density at radius 3 is 2.26 bits per heavy atom. The van der Waals surface area contributed by atoms with E-state index in [0.717, 1.165) is 30.0 Å². The fraction of sp³-hybridized carbons (Fsp3) is 0.231. The molecule has 1 aliphatic rings. The number of aromatic carboxylic acids is 1. The van der Waals surface area contributed by atoms with E-state index < -0.39 is 64.7 Å². The summed E-state index contributed by atoms with van der Waals surface area (Å²) < 4.78 is 77.4. The van der Waals surface area contributed by atoms with E-state index in [0.29, 0.717) is 6.07 Å². The Morgan fingerprint density at radius 1 is 1.05 bits per heavy atom. The number of alkyl halides is 3. The summed E-state index contributed by atoms with van der Waals surface area (Å²) in [6.45, 7) is 0.559. The van der Waals surface area contributed by atoms with Crippen LogP contribution in [0.15, 0.2) is 48.5 Å². The number of hydrogen-bond acceptors (Lipinski definition) is 4. The van der Waals surface area contributed by atoms with Crippen LogP contribution in [0, 0.1) is 11.6 Å². The lowest BCUT2D eigenvalue weighted by Gasteiger charge is -2.38. The lowest BCUT2D eigenvalue weighted by atomic mass is 9.77. The monoisotopic (exact) mass is 555 g/mol. The number of anilines is 1. The summed E-state index contributed by atoms with van der Waals surface area (Å²) >= 11 is 6.31. The molecule has 0 aromatic heterocycles. The van der Waals surface area contributed by atoms with Gasteiger partial charge in [0.2, 0.25) is 0 Å². The molecule has 200 valence electrons. The number of rotatable bonds is 5. The molecular formula is C26H19ClF5NO5. The van der Waals surface area contributed by atoms with Gasteiger partial charge in [0.05, 0.1) is 11.3 Å². The third-order valence-electron chi connectivity index (χ3n) is 6.60. The summed E-state index contributed by atoms with van der Waals surface area (Å²) in [6.07, 6.45) is -5.32. The Bertz CT molecular complexity index is 1460. The van der Waals surface area contributed by atoms with Crippen LogP contribution >= 0.6 is 11.6 Å². The van der Waals surface area contributed by atoms with E-state index in [1.165, 1.54) is 31.3 Å². The molecule has 1 heterocycles. The SMILES string of the molecule is CC(c1ccc(-c2ccc(C(=O)O)c(F)c2)cc1Cl)C(O)(c1cc(F)c2c(c1)N(C)C(=O)CO2)C(F)(F)F. The number of amides is 1. The van der Waals surface area contributed by atoms with Crippen LogP contribution in [-0.4, -0.2) is 41.9 Å². The molecule has 2 atom stereocenters. The minimum atomic E-state index is -5.32. The number of carboxylic acids is 1. The molecule has 4 rings (SSSR count). The summed E-state index contributed by atoms with van der Waals surface area (Å²) in [5.41, 5.74) is -5.03. The second-order valence-electron chi connectivity index (χ2n) is 8.77. The highest BCUT2D eigenvalue weighted by atomic mass is 35.5. The number of nitrogens with zero attached hydrogens (tertiary/aromatic N) is 1. The Balaban J connectivity index is 1.79. The third-order valence-corrected chi connectivity index (χ3v) is 6.93. The normalized spacial score (nSPS) is 15.9. The van der Waals surface area contributed by atoms with E-state index in [9.17, 15) is 36.6 Å². The van der Waals surface area contributed by atoms with Gasteiger partial charge in [-0.15, -0.1) is 0 Å². The lowest BCUT2D eigenvalue weighted by Crippen LogP contribution is -2.47. The van der Waals surface area contributed by atoms with Crippen molar-refractivity contribution in [3.8, 4) is 16.9 Å². The van der Waals surface area contributed by atoms with Crippen molar-refractivity contribution in [3.05, 3.63) is 81.9 Å². The van der Waals surface area contributed by atoms with Crippen LogP contribution in [0.3, 0.4) is 0 Å². The van der Waals surface area contributed by atoms with Crippen molar-refractivity contribution < 1.29 is 46.5 Å². The highest BCUT2D eigenvalue weighted by Gasteiger charge is 2.59. The second kappa shape index (κ2) is 9.55. The number of aliphatic hydroxyl groups is 1. The van der Waals surface area contributed by atoms with Crippen molar-refractivity contribution in [2.75, 3.05) is 18.6 Å². The molecule has 12 heteroatoms. The molecule has 6 nitrogen and oxygen atoms in total. The molecule has 0 saturated carbocycles. The lowest BCUT2D eigenvalue weighted by molar-refractivity contribution is -0.274. The first-order valence-corrected chi connectivity index (χ1v) is 11.4. The molecule has 3 aromatic rings. The molecule has 0 fully saturated rings. The maximum absolute atomic E-state index is 14.8. The molecule has 38 heavy (non-hydrogen) atoms. The van der Waals surface area contributed by atoms with Crippen molar-refractivity contribution in [1.29, 1.82) is 0 Å². The molecule has 1 aliphatic heterocycles. The molecule has 0 bridgehead atoms. The average molecular weight is 556 g/mol. The van der Waals surface area contributed by atoms with Gasteiger partial charge in [-0.1, -0.05) is 36.7 Å². The number of carboxylic acid groups (broad SMARTS) is 1. The summed E-state index contributed by atoms with van der Waals surface area (Å²) in [7, 11) is 1.24. The van der Waals surface area contributed by atoms with Crippen LogP contribution < -0.4 is 9.64 Å². The van der Waals surface area contributed by atoms with Crippen molar-refractivity contribution in [3.63, 3.8) is 0 Å². The Labute approximate surface area is 217 Å². The van der Waals surface area contributed by atoms with Crippen LogP contribution in [0.2, 0.25) is 5.02 Å². The summed E-state index contributed by atoms with van der Waals surface area (Å²) in [6, 6.07) is 8.41. The molecule has 2 unspecified atom stereocenters. The van der Waals surface area contributed by atoms with E-state index >= 15 is 0 Å². The van der Waals surface area contributed by atoms with Crippen LogP contribution in [0.1, 0.15) is 34.3 Å². The van der Waals surface area contributed by atoms with E-state index in [1.54, 1.807) is 0 Å². The number of carbonyl (C=O) groups is 2. The maximum Gasteiger partial charge on any atom is 0.422 e. The summed E-state index contributed by atoms with van der Waals surface area (Å²) in [5, 5.41) is 19.9. The van der Waals surface area contributed by atoms with Crippen molar-refractivity contribution in [2.45, 2.75) is 24.6 Å². The summed E-state index contributed by atoms with van der Waals surface area (Å²) in [5.74, 6) is -6.50. The largest absolute Gasteiger partial charge is 0.478 e. The number of hydrogen-bond donors (Lipinski definition) is 2. The molecule has 2 N–H and O–H groups in total. The zero-order chi connectivity index (χ0) is 28.2. The average Bonchev–Trinajstić information content (AvgIpc) is 2.84. The molecule has 0 spiro atoms. The van der Waals surface area contributed by atoms with Gasteiger partial charge in [0.1, 0.15) is 5.82 Å².